The first-order valence-electron chi connectivity index (χ1n) is 9.90. The number of hydrogen-bond donors (Lipinski definition) is 1. The molecule has 2 aliphatic heterocycles. The van der Waals surface area contributed by atoms with Crippen LogP contribution >= 0.6 is 0 Å². The van der Waals surface area contributed by atoms with Crippen molar-refractivity contribution >= 4 is 6.03 Å². The van der Waals surface area contributed by atoms with Crippen LogP contribution in [0, 0.1) is 0 Å². The Morgan fingerprint density at radius 3 is 2.25 bits per heavy atom. The van der Waals surface area contributed by atoms with Crippen molar-refractivity contribution in [2.45, 2.75) is 44.6 Å². The van der Waals surface area contributed by atoms with Gasteiger partial charge in [-0.15, -0.1) is 0 Å². The molecule has 24 heavy (non-hydrogen) atoms. The second-order valence-corrected chi connectivity index (χ2v) is 7.35. The molecule has 0 aromatic heterocycles. The molecule has 6 heteroatoms. The summed E-state index contributed by atoms with van der Waals surface area (Å²) < 4.78 is 5.35. The van der Waals surface area contributed by atoms with Crippen LogP contribution in [-0.4, -0.2) is 92.3 Å². The number of piperazine rings is 1. The average molecular weight is 338 g/mol. The molecule has 0 spiro atoms. The monoisotopic (exact) mass is 338 g/mol. The minimum Gasteiger partial charge on any atom is -0.379 e. The molecule has 2 heterocycles. The Balaban J connectivity index is 1.32. The molecule has 0 unspecified atom stereocenters. The van der Waals surface area contributed by atoms with Crippen LogP contribution in [0.15, 0.2) is 0 Å². The van der Waals surface area contributed by atoms with E-state index in [1.165, 1.54) is 38.5 Å². The fraction of sp³-hybridized carbons (Fsp3) is 0.944. The number of hydrogen-bond acceptors (Lipinski definition) is 4. The minimum absolute atomic E-state index is 0.115. The van der Waals surface area contributed by atoms with Crippen molar-refractivity contribution < 1.29 is 9.53 Å². The lowest BCUT2D eigenvalue weighted by Gasteiger charge is -2.39. The second-order valence-electron chi connectivity index (χ2n) is 7.35. The van der Waals surface area contributed by atoms with Crippen molar-refractivity contribution in [3.05, 3.63) is 0 Å². The van der Waals surface area contributed by atoms with E-state index < -0.39 is 0 Å². The Bertz CT molecular complexity index is 371. The van der Waals surface area contributed by atoms with E-state index in [-0.39, 0.29) is 6.03 Å². The number of nitrogens with one attached hydrogen (secondary N) is 1. The zero-order valence-corrected chi connectivity index (χ0v) is 15.0. The lowest BCUT2D eigenvalue weighted by molar-refractivity contribution is 0.0384. The van der Waals surface area contributed by atoms with Gasteiger partial charge in [0.05, 0.1) is 13.2 Å². The number of morpholine rings is 1. The predicted octanol–water partition coefficient (Wildman–Crippen LogP) is 1.37. The predicted molar refractivity (Wildman–Crippen MR) is 95.3 cm³/mol. The molecule has 2 saturated heterocycles. The van der Waals surface area contributed by atoms with Crippen molar-refractivity contribution in [2.24, 2.45) is 0 Å². The topological polar surface area (TPSA) is 48.1 Å². The van der Waals surface area contributed by atoms with Gasteiger partial charge in [0.1, 0.15) is 0 Å². The summed E-state index contributed by atoms with van der Waals surface area (Å²) in [4.78, 5) is 19.3. The SMILES string of the molecule is O=C(NCCN1CCOCC1)N1CCN(C2CCCCCC2)CC1. The van der Waals surface area contributed by atoms with Gasteiger partial charge < -0.3 is 15.0 Å². The van der Waals surface area contributed by atoms with Crippen molar-refractivity contribution in [1.29, 1.82) is 0 Å². The van der Waals surface area contributed by atoms with E-state index in [4.69, 9.17) is 4.74 Å². The van der Waals surface area contributed by atoms with Crippen LogP contribution in [0.25, 0.3) is 0 Å². The van der Waals surface area contributed by atoms with E-state index in [0.29, 0.717) is 0 Å². The number of carbonyl (C=O) groups is 1. The van der Waals surface area contributed by atoms with E-state index in [1.54, 1.807) is 0 Å². The van der Waals surface area contributed by atoms with Gasteiger partial charge in [0.2, 0.25) is 0 Å². The third-order valence-electron chi connectivity index (χ3n) is 5.75. The van der Waals surface area contributed by atoms with Crippen molar-refractivity contribution in [1.82, 2.24) is 20.0 Å². The number of urea groups is 1. The molecule has 0 aromatic carbocycles. The largest absolute Gasteiger partial charge is 0.379 e. The highest BCUT2D eigenvalue weighted by Crippen LogP contribution is 2.22. The number of rotatable bonds is 4. The fourth-order valence-corrected chi connectivity index (χ4v) is 4.17. The Labute approximate surface area is 146 Å². The van der Waals surface area contributed by atoms with E-state index in [2.05, 4.69) is 15.1 Å². The lowest BCUT2D eigenvalue weighted by Crippen LogP contribution is -2.54. The maximum atomic E-state index is 12.3. The van der Waals surface area contributed by atoms with Crippen LogP contribution in [0.5, 0.6) is 0 Å². The van der Waals surface area contributed by atoms with Crippen LogP contribution in [0.3, 0.4) is 0 Å². The summed E-state index contributed by atoms with van der Waals surface area (Å²) in [7, 11) is 0. The maximum Gasteiger partial charge on any atom is 0.317 e. The molecule has 0 radical (unpaired) electrons. The summed E-state index contributed by atoms with van der Waals surface area (Å²) >= 11 is 0. The van der Waals surface area contributed by atoms with E-state index in [0.717, 1.165) is 71.6 Å². The van der Waals surface area contributed by atoms with Crippen molar-refractivity contribution in [3.8, 4) is 0 Å². The van der Waals surface area contributed by atoms with Gasteiger partial charge >= 0.3 is 6.03 Å². The number of nitrogens with zero attached hydrogens (tertiary/aromatic N) is 3. The van der Waals surface area contributed by atoms with E-state index >= 15 is 0 Å². The van der Waals surface area contributed by atoms with Crippen molar-refractivity contribution in [3.63, 3.8) is 0 Å². The molecular formula is C18H34N4O2. The van der Waals surface area contributed by atoms with Crippen LogP contribution < -0.4 is 5.32 Å². The first kappa shape index (κ1) is 18.0. The van der Waals surface area contributed by atoms with Crippen molar-refractivity contribution in [2.75, 3.05) is 65.6 Å². The third-order valence-corrected chi connectivity index (χ3v) is 5.75. The van der Waals surface area contributed by atoms with Gasteiger partial charge in [-0.05, 0) is 12.8 Å². The summed E-state index contributed by atoms with van der Waals surface area (Å²) in [6.45, 7) is 9.10. The molecule has 3 rings (SSSR count). The fourth-order valence-electron chi connectivity index (χ4n) is 4.17. The standard InChI is InChI=1S/C18H34N4O2/c23-18(19-7-8-20-13-15-24-16-14-20)22-11-9-21(10-12-22)17-5-3-1-2-4-6-17/h17H,1-16H2,(H,19,23). The van der Waals surface area contributed by atoms with Gasteiger partial charge in [-0.3, -0.25) is 9.80 Å². The molecule has 3 aliphatic rings. The highest BCUT2D eigenvalue weighted by Gasteiger charge is 2.26. The highest BCUT2D eigenvalue weighted by molar-refractivity contribution is 5.74. The summed E-state index contributed by atoms with van der Waals surface area (Å²) in [6, 6.07) is 0.878. The zero-order chi connectivity index (χ0) is 16.6. The first-order valence-corrected chi connectivity index (χ1v) is 9.90. The summed E-state index contributed by atoms with van der Waals surface area (Å²) in [5.41, 5.74) is 0. The Morgan fingerprint density at radius 2 is 1.58 bits per heavy atom. The summed E-state index contributed by atoms with van der Waals surface area (Å²) in [6.07, 6.45) is 8.28. The molecule has 0 aromatic rings. The number of carbonyl (C=O) groups excluding carboxylic acids is 1. The van der Waals surface area contributed by atoms with Gasteiger partial charge in [0.15, 0.2) is 0 Å². The second kappa shape index (κ2) is 9.59. The quantitative estimate of drug-likeness (QED) is 0.787. The molecule has 138 valence electrons. The Hall–Kier alpha value is -0.850. The van der Waals surface area contributed by atoms with Gasteiger partial charge in [0.25, 0.3) is 0 Å². The first-order chi connectivity index (χ1) is 11.8. The van der Waals surface area contributed by atoms with E-state index in [9.17, 15) is 4.79 Å². The molecule has 1 aliphatic carbocycles. The van der Waals surface area contributed by atoms with Crippen LogP contribution in [0.2, 0.25) is 0 Å². The third kappa shape index (κ3) is 5.33. The van der Waals surface area contributed by atoms with Gasteiger partial charge in [-0.1, -0.05) is 25.7 Å². The number of amides is 2. The molecule has 0 bridgehead atoms. The highest BCUT2D eigenvalue weighted by atomic mass is 16.5. The van der Waals surface area contributed by atoms with Gasteiger partial charge in [-0.2, -0.15) is 0 Å². The Kier molecular flexibility index (Phi) is 7.17. The number of ether oxygens (including phenoxy) is 1. The molecule has 6 nitrogen and oxygen atoms in total. The molecule has 0 atom stereocenters. The minimum atomic E-state index is 0.115. The van der Waals surface area contributed by atoms with E-state index in [1.807, 2.05) is 4.90 Å². The zero-order valence-electron chi connectivity index (χ0n) is 15.0. The summed E-state index contributed by atoms with van der Waals surface area (Å²) in [5.74, 6) is 0. The molecule has 3 fully saturated rings. The Morgan fingerprint density at radius 1 is 0.917 bits per heavy atom. The molecule has 2 amide bonds. The molecular weight excluding hydrogens is 304 g/mol. The van der Waals surface area contributed by atoms with Crippen LogP contribution in [0.4, 0.5) is 4.79 Å². The average Bonchev–Trinajstić information content (AvgIpc) is 2.92. The maximum absolute atomic E-state index is 12.3. The smallest absolute Gasteiger partial charge is 0.317 e. The molecule has 1 N–H and O–H groups in total. The van der Waals surface area contributed by atoms with Gasteiger partial charge in [0, 0.05) is 58.4 Å². The normalized spacial score (nSPS) is 25.4. The molecule has 1 saturated carbocycles. The summed E-state index contributed by atoms with van der Waals surface area (Å²) in [5, 5.41) is 3.09. The van der Waals surface area contributed by atoms with Crippen LogP contribution in [0.1, 0.15) is 38.5 Å². The lowest BCUT2D eigenvalue weighted by atomic mass is 10.1. The van der Waals surface area contributed by atoms with Gasteiger partial charge in [-0.25, -0.2) is 4.79 Å². The van der Waals surface area contributed by atoms with Crippen LogP contribution in [-0.2, 0) is 4.74 Å².